The van der Waals surface area contributed by atoms with Gasteiger partial charge in [0, 0.05) is 32.4 Å². The van der Waals surface area contributed by atoms with Gasteiger partial charge in [0.15, 0.2) is 11.2 Å². The summed E-state index contributed by atoms with van der Waals surface area (Å²) in [5.41, 5.74) is 3.59. The Morgan fingerprint density at radius 3 is 2.61 bits per heavy atom. The largest absolute Gasteiger partial charge is 0.379 e. The van der Waals surface area contributed by atoms with Crippen LogP contribution in [0.1, 0.15) is 12.1 Å². The molecule has 9 heteroatoms. The minimum atomic E-state index is -0.302. The predicted molar refractivity (Wildman–Crippen MR) is 115 cm³/mol. The van der Waals surface area contributed by atoms with Crippen molar-refractivity contribution in [3.63, 3.8) is 0 Å². The van der Waals surface area contributed by atoms with Crippen molar-refractivity contribution >= 4 is 16.7 Å². The number of fused-ring (bicyclic) bond motifs is 3. The quantitative estimate of drug-likeness (QED) is 0.491. The first-order valence-corrected chi connectivity index (χ1v) is 10.4. The molecule has 0 unspecified atom stereocenters. The molecule has 0 spiro atoms. The predicted octanol–water partition coefficient (Wildman–Crippen LogP) is 2.28. The minimum absolute atomic E-state index is 0.176. The fourth-order valence-corrected chi connectivity index (χ4v) is 4.11. The Balaban J connectivity index is 1.47. The van der Waals surface area contributed by atoms with Crippen molar-refractivity contribution in [2.75, 3.05) is 32.8 Å². The molecule has 1 aliphatic rings. The lowest BCUT2D eigenvalue weighted by atomic mass is 10.1. The number of pyridine rings is 1. The Morgan fingerprint density at radius 2 is 1.84 bits per heavy atom. The highest BCUT2D eigenvalue weighted by Gasteiger charge is 2.17. The number of rotatable bonds is 5. The number of halogens is 1. The van der Waals surface area contributed by atoms with Crippen LogP contribution in [0.3, 0.4) is 0 Å². The second kappa shape index (κ2) is 8.16. The average molecular weight is 422 g/mol. The summed E-state index contributed by atoms with van der Waals surface area (Å²) in [4.78, 5) is 15.3. The molecule has 8 nitrogen and oxygen atoms in total. The van der Waals surface area contributed by atoms with Crippen LogP contribution in [-0.4, -0.2) is 62.1 Å². The highest BCUT2D eigenvalue weighted by atomic mass is 19.1. The van der Waals surface area contributed by atoms with Gasteiger partial charge in [-0.1, -0.05) is 12.1 Å². The van der Waals surface area contributed by atoms with Crippen molar-refractivity contribution in [2.24, 2.45) is 0 Å². The third-order valence-corrected chi connectivity index (χ3v) is 5.74. The smallest absolute Gasteiger partial charge is 0.280 e. The first kappa shape index (κ1) is 19.8. The zero-order valence-corrected chi connectivity index (χ0v) is 17.3. The highest BCUT2D eigenvalue weighted by molar-refractivity contribution is 5.84. The molecule has 0 N–H and O–H groups in total. The fraction of sp³-hybridized carbons (Fsp3) is 0.364. The van der Waals surface area contributed by atoms with Gasteiger partial charge in [0.1, 0.15) is 11.3 Å². The Bertz CT molecular complexity index is 1290. The van der Waals surface area contributed by atoms with Gasteiger partial charge in [-0.25, -0.2) is 8.91 Å². The first-order chi connectivity index (χ1) is 15.1. The van der Waals surface area contributed by atoms with Crippen LogP contribution in [0.25, 0.3) is 27.8 Å². The molecule has 0 atom stereocenters. The van der Waals surface area contributed by atoms with Crippen molar-refractivity contribution < 1.29 is 9.13 Å². The summed E-state index contributed by atoms with van der Waals surface area (Å²) in [5.74, 6) is -0.302. The Hall–Kier alpha value is -3.17. The highest BCUT2D eigenvalue weighted by Crippen LogP contribution is 2.28. The van der Waals surface area contributed by atoms with Crippen LogP contribution < -0.4 is 5.56 Å². The van der Waals surface area contributed by atoms with E-state index in [4.69, 9.17) is 4.74 Å². The molecule has 0 amide bonds. The van der Waals surface area contributed by atoms with Gasteiger partial charge in [-0.3, -0.25) is 9.69 Å². The number of aromatic nitrogens is 5. The van der Waals surface area contributed by atoms with Crippen molar-refractivity contribution in [1.29, 1.82) is 0 Å². The SMILES string of the molecule is Cc1nn2c(nnc3c(=O)n(CCCN4CCOCC4)ccc32)c1-c1ccc(F)cc1. The number of morpholine rings is 1. The second-order valence-electron chi connectivity index (χ2n) is 7.76. The van der Waals surface area contributed by atoms with Gasteiger partial charge in [-0.05, 0) is 37.1 Å². The molecule has 31 heavy (non-hydrogen) atoms. The van der Waals surface area contributed by atoms with Crippen molar-refractivity contribution in [3.05, 3.63) is 58.4 Å². The number of aryl methyl sites for hydroxylation is 2. The molecule has 0 saturated carbocycles. The molecule has 1 saturated heterocycles. The van der Waals surface area contributed by atoms with E-state index in [1.807, 2.05) is 13.0 Å². The van der Waals surface area contributed by atoms with Crippen molar-refractivity contribution in [1.82, 2.24) is 29.3 Å². The third-order valence-electron chi connectivity index (χ3n) is 5.74. The van der Waals surface area contributed by atoms with E-state index in [2.05, 4.69) is 20.2 Å². The van der Waals surface area contributed by atoms with Crippen molar-refractivity contribution in [3.8, 4) is 11.1 Å². The van der Waals surface area contributed by atoms with Crippen molar-refractivity contribution in [2.45, 2.75) is 19.9 Å². The third kappa shape index (κ3) is 3.70. The summed E-state index contributed by atoms with van der Waals surface area (Å²) in [6.45, 7) is 6.82. The van der Waals surface area contributed by atoms with Crippen LogP contribution in [0.15, 0.2) is 41.3 Å². The number of nitrogens with zero attached hydrogens (tertiary/aromatic N) is 6. The van der Waals surface area contributed by atoms with E-state index < -0.39 is 0 Å². The summed E-state index contributed by atoms with van der Waals surface area (Å²) in [5, 5.41) is 13.1. The van der Waals surface area contributed by atoms with Gasteiger partial charge in [0.05, 0.1) is 24.5 Å². The van der Waals surface area contributed by atoms with Gasteiger partial charge in [-0.2, -0.15) is 5.10 Å². The molecule has 1 fully saturated rings. The monoisotopic (exact) mass is 422 g/mol. The summed E-state index contributed by atoms with van der Waals surface area (Å²) >= 11 is 0. The van der Waals surface area contributed by atoms with E-state index in [0.717, 1.165) is 56.1 Å². The van der Waals surface area contributed by atoms with Crippen LogP contribution in [0.5, 0.6) is 0 Å². The van der Waals surface area contributed by atoms with Crippen LogP contribution in [0.4, 0.5) is 4.39 Å². The Kier molecular flexibility index (Phi) is 5.21. The Labute approximate surface area is 177 Å². The van der Waals surface area contributed by atoms with E-state index in [1.165, 1.54) is 12.1 Å². The molecule has 1 aromatic carbocycles. The second-order valence-corrected chi connectivity index (χ2v) is 7.76. The number of ether oxygens (including phenoxy) is 1. The summed E-state index contributed by atoms with van der Waals surface area (Å²) in [6, 6.07) is 8.05. The minimum Gasteiger partial charge on any atom is -0.379 e. The normalized spacial score (nSPS) is 15.2. The molecule has 4 heterocycles. The molecule has 160 valence electrons. The van der Waals surface area contributed by atoms with Gasteiger partial charge >= 0.3 is 0 Å². The van der Waals surface area contributed by atoms with Gasteiger partial charge in [0.2, 0.25) is 0 Å². The maximum absolute atomic E-state index is 13.3. The molecule has 0 bridgehead atoms. The van der Waals surface area contributed by atoms with Gasteiger partial charge in [-0.15, -0.1) is 10.2 Å². The molecule has 0 radical (unpaired) electrons. The zero-order chi connectivity index (χ0) is 21.4. The molecule has 0 aliphatic carbocycles. The summed E-state index contributed by atoms with van der Waals surface area (Å²) in [6.07, 6.45) is 2.66. The Morgan fingerprint density at radius 1 is 1.06 bits per heavy atom. The van der Waals surface area contributed by atoms with Gasteiger partial charge < -0.3 is 9.30 Å². The number of hydrogen-bond acceptors (Lipinski definition) is 6. The molecule has 4 aromatic rings. The lowest BCUT2D eigenvalue weighted by Crippen LogP contribution is -2.37. The van der Waals surface area contributed by atoms with Crippen LogP contribution in [0.2, 0.25) is 0 Å². The lowest BCUT2D eigenvalue weighted by molar-refractivity contribution is 0.0369. The van der Waals surface area contributed by atoms with E-state index >= 15 is 0 Å². The van der Waals surface area contributed by atoms with E-state index in [0.29, 0.717) is 17.7 Å². The first-order valence-electron chi connectivity index (χ1n) is 10.4. The van der Waals surface area contributed by atoms with Gasteiger partial charge in [0.25, 0.3) is 5.56 Å². The average Bonchev–Trinajstić information content (AvgIpc) is 3.13. The maximum atomic E-state index is 13.3. The van der Waals surface area contributed by atoms with E-state index in [9.17, 15) is 9.18 Å². The topological polar surface area (TPSA) is 77.5 Å². The standard InChI is InChI=1S/C22H23FN6O2/c1-15-19(16-3-5-17(23)6-4-16)21-25-24-20-18(29(21)26-15)7-10-28(22(20)30)9-2-8-27-11-13-31-14-12-27/h3-7,10H,2,8-9,11-14H2,1H3. The van der Waals surface area contributed by atoms with E-state index in [-0.39, 0.29) is 16.9 Å². The number of hydrogen-bond donors (Lipinski definition) is 0. The fourth-order valence-electron chi connectivity index (χ4n) is 4.11. The maximum Gasteiger partial charge on any atom is 0.280 e. The summed E-state index contributed by atoms with van der Waals surface area (Å²) in [7, 11) is 0. The van der Waals surface area contributed by atoms with Crippen LogP contribution in [0, 0.1) is 12.7 Å². The number of benzene rings is 1. The molecular weight excluding hydrogens is 399 g/mol. The summed E-state index contributed by atoms with van der Waals surface area (Å²) < 4.78 is 22.0. The van der Waals surface area contributed by atoms with Crippen LogP contribution >= 0.6 is 0 Å². The lowest BCUT2D eigenvalue weighted by Gasteiger charge is -2.26. The zero-order valence-electron chi connectivity index (χ0n) is 17.3. The van der Waals surface area contributed by atoms with E-state index in [1.54, 1.807) is 27.4 Å². The molecule has 5 rings (SSSR count). The molecule has 3 aromatic heterocycles. The van der Waals surface area contributed by atoms with Crippen LogP contribution in [-0.2, 0) is 11.3 Å². The molecular formula is C22H23FN6O2. The molecule has 1 aliphatic heterocycles.